The van der Waals surface area contributed by atoms with E-state index in [1.165, 1.54) is 14.2 Å². The normalized spacial score (nSPS) is 11.7. The molecule has 0 aromatic carbocycles. The summed E-state index contributed by atoms with van der Waals surface area (Å²) >= 11 is 5.19. The van der Waals surface area contributed by atoms with E-state index in [2.05, 4.69) is 4.74 Å². The lowest BCUT2D eigenvalue weighted by atomic mass is 10.4. The van der Waals surface area contributed by atoms with Crippen LogP contribution in [-0.2, 0) is 19.6 Å². The van der Waals surface area contributed by atoms with Crippen LogP contribution in [0.1, 0.15) is 6.42 Å². The summed E-state index contributed by atoms with van der Waals surface area (Å²) < 4.78 is 27.5. The van der Waals surface area contributed by atoms with Gasteiger partial charge < -0.3 is 4.74 Å². The van der Waals surface area contributed by atoms with Crippen molar-refractivity contribution in [3.05, 3.63) is 0 Å². The second-order valence-corrected chi connectivity index (χ2v) is 5.03. The van der Waals surface area contributed by atoms with Crippen LogP contribution in [-0.4, -0.2) is 44.6 Å². The summed E-state index contributed by atoms with van der Waals surface area (Å²) in [5.41, 5.74) is 0. The lowest BCUT2D eigenvalue weighted by molar-refractivity contribution is -0.140. The number of carbonyl (C=O) groups excluding carboxylic acids is 1. The third-order valence-electron chi connectivity index (χ3n) is 1.47. The van der Waals surface area contributed by atoms with Gasteiger partial charge in [-0.2, -0.15) is 0 Å². The van der Waals surface area contributed by atoms with Gasteiger partial charge in [-0.1, -0.05) is 0 Å². The van der Waals surface area contributed by atoms with Crippen molar-refractivity contribution in [2.75, 3.05) is 25.9 Å². The Labute approximate surface area is 82.7 Å². The molecule has 0 fully saturated rings. The number of nitrogens with zero attached hydrogens (tertiary/aromatic N) is 1. The number of hydrogen-bond donors (Lipinski definition) is 0. The highest BCUT2D eigenvalue weighted by Crippen LogP contribution is 2.01. The lowest BCUT2D eigenvalue weighted by Crippen LogP contribution is -2.30. The van der Waals surface area contributed by atoms with E-state index in [1.807, 2.05) is 0 Å². The molecule has 0 aliphatic carbocycles. The average Bonchev–Trinajstić information content (AvgIpc) is 2.13. The minimum atomic E-state index is -3.41. The molecule has 0 bridgehead atoms. The van der Waals surface area contributed by atoms with Crippen LogP contribution in [0.3, 0.4) is 0 Å². The van der Waals surface area contributed by atoms with Gasteiger partial charge in [-0.15, -0.1) is 11.6 Å². The molecule has 0 saturated carbocycles. The van der Waals surface area contributed by atoms with Crippen LogP contribution in [0.25, 0.3) is 0 Å². The predicted octanol–water partition coefficient (Wildman–Crippen LogP) is 0.00740. The zero-order valence-corrected chi connectivity index (χ0v) is 9.06. The minimum Gasteiger partial charge on any atom is -0.469 e. The summed E-state index contributed by atoms with van der Waals surface area (Å²) in [6, 6.07) is 0. The second kappa shape index (κ2) is 5.41. The largest absolute Gasteiger partial charge is 0.469 e. The number of esters is 1. The first-order valence-corrected chi connectivity index (χ1v) is 5.65. The average molecular weight is 230 g/mol. The van der Waals surface area contributed by atoms with Crippen molar-refractivity contribution in [2.45, 2.75) is 6.42 Å². The predicted molar refractivity (Wildman–Crippen MR) is 48.9 cm³/mol. The molecule has 0 atom stereocenters. The quantitative estimate of drug-likeness (QED) is 0.492. The van der Waals surface area contributed by atoms with Crippen LogP contribution in [0.4, 0.5) is 0 Å². The summed E-state index contributed by atoms with van der Waals surface area (Å²) in [6.45, 7) is 0.0850. The molecule has 7 heteroatoms. The molecule has 0 spiro atoms. The number of carbonyl (C=O) groups is 1. The summed E-state index contributed by atoms with van der Waals surface area (Å²) in [6.07, 6.45) is 0.0309. The molecule has 0 heterocycles. The first kappa shape index (κ1) is 12.7. The zero-order chi connectivity index (χ0) is 10.5. The van der Waals surface area contributed by atoms with E-state index in [4.69, 9.17) is 11.6 Å². The van der Waals surface area contributed by atoms with Crippen molar-refractivity contribution in [1.29, 1.82) is 0 Å². The molecular weight excluding hydrogens is 218 g/mol. The fourth-order valence-electron chi connectivity index (χ4n) is 0.573. The molecule has 0 aromatic rings. The Kier molecular flexibility index (Phi) is 5.27. The molecule has 5 nitrogen and oxygen atoms in total. The number of sulfonamides is 1. The number of ether oxygens (including phenoxy) is 1. The van der Waals surface area contributed by atoms with E-state index in [-0.39, 0.29) is 13.0 Å². The standard InChI is InChI=1S/C6H12ClNO4S/c1-8(13(10,11)5-7)4-3-6(9)12-2/h3-5H2,1-2H3. The smallest absolute Gasteiger partial charge is 0.306 e. The molecule has 0 radical (unpaired) electrons. The summed E-state index contributed by atoms with van der Waals surface area (Å²) in [7, 11) is -0.801. The van der Waals surface area contributed by atoms with Gasteiger partial charge in [0.2, 0.25) is 10.0 Å². The third-order valence-corrected chi connectivity index (χ3v) is 3.71. The summed E-state index contributed by atoms with van der Waals surface area (Å²) in [5, 5.41) is -0.481. The molecule has 0 N–H and O–H groups in total. The third kappa shape index (κ3) is 4.44. The van der Waals surface area contributed by atoms with Crippen LogP contribution in [0, 0.1) is 0 Å². The van der Waals surface area contributed by atoms with Crippen molar-refractivity contribution in [2.24, 2.45) is 0 Å². The van der Waals surface area contributed by atoms with E-state index in [0.29, 0.717) is 0 Å². The molecular formula is C6H12ClNO4S. The Morgan fingerprint density at radius 1 is 1.54 bits per heavy atom. The zero-order valence-electron chi connectivity index (χ0n) is 7.49. The number of halogens is 1. The molecule has 13 heavy (non-hydrogen) atoms. The summed E-state index contributed by atoms with van der Waals surface area (Å²) in [5.74, 6) is -0.448. The van der Waals surface area contributed by atoms with Gasteiger partial charge in [0.05, 0.1) is 13.5 Å². The van der Waals surface area contributed by atoms with Gasteiger partial charge in [0.25, 0.3) is 0 Å². The number of rotatable bonds is 5. The topological polar surface area (TPSA) is 63.7 Å². The SMILES string of the molecule is COC(=O)CCN(C)S(=O)(=O)CCl. The van der Waals surface area contributed by atoms with Gasteiger partial charge in [0.15, 0.2) is 0 Å². The molecule has 0 aliphatic rings. The van der Waals surface area contributed by atoms with Gasteiger partial charge in [-0.05, 0) is 0 Å². The maximum Gasteiger partial charge on any atom is 0.306 e. The molecule has 0 saturated heterocycles. The highest BCUT2D eigenvalue weighted by atomic mass is 35.5. The Balaban J connectivity index is 4.02. The van der Waals surface area contributed by atoms with Crippen molar-refractivity contribution >= 4 is 27.6 Å². The van der Waals surface area contributed by atoms with Crippen LogP contribution in [0.15, 0.2) is 0 Å². The van der Waals surface area contributed by atoms with E-state index >= 15 is 0 Å². The highest BCUT2D eigenvalue weighted by Gasteiger charge is 2.16. The van der Waals surface area contributed by atoms with Crippen molar-refractivity contribution in [3.63, 3.8) is 0 Å². The Morgan fingerprint density at radius 3 is 2.46 bits per heavy atom. The number of alkyl halides is 1. The Hall–Kier alpha value is -0.330. The minimum absolute atomic E-state index is 0.0309. The molecule has 0 aliphatic heterocycles. The molecule has 0 amide bonds. The van der Waals surface area contributed by atoms with Gasteiger partial charge in [0.1, 0.15) is 5.21 Å². The van der Waals surface area contributed by atoms with E-state index in [9.17, 15) is 13.2 Å². The van der Waals surface area contributed by atoms with Crippen LogP contribution >= 0.6 is 11.6 Å². The first-order chi connectivity index (χ1) is 5.94. The fraction of sp³-hybridized carbons (Fsp3) is 0.833. The second-order valence-electron chi connectivity index (χ2n) is 2.37. The molecule has 78 valence electrons. The van der Waals surface area contributed by atoms with Crippen LogP contribution in [0.5, 0.6) is 0 Å². The molecule has 0 rings (SSSR count). The fourth-order valence-corrected chi connectivity index (χ4v) is 1.61. The number of methoxy groups -OCH3 is 1. The van der Waals surface area contributed by atoms with E-state index < -0.39 is 21.2 Å². The maximum absolute atomic E-state index is 11.0. The number of hydrogen-bond acceptors (Lipinski definition) is 4. The summed E-state index contributed by atoms with van der Waals surface area (Å²) in [4.78, 5) is 10.7. The van der Waals surface area contributed by atoms with Gasteiger partial charge in [0, 0.05) is 13.6 Å². The monoisotopic (exact) mass is 229 g/mol. The van der Waals surface area contributed by atoms with Crippen molar-refractivity contribution in [3.8, 4) is 0 Å². The van der Waals surface area contributed by atoms with E-state index in [0.717, 1.165) is 4.31 Å². The van der Waals surface area contributed by atoms with Gasteiger partial charge in [-0.3, -0.25) is 4.79 Å². The van der Waals surface area contributed by atoms with Crippen molar-refractivity contribution < 1.29 is 17.9 Å². The van der Waals surface area contributed by atoms with Gasteiger partial charge >= 0.3 is 5.97 Å². The molecule has 0 aromatic heterocycles. The Bertz CT molecular complexity index is 264. The maximum atomic E-state index is 11.0. The van der Waals surface area contributed by atoms with Crippen LogP contribution < -0.4 is 0 Å². The lowest BCUT2D eigenvalue weighted by Gasteiger charge is -2.13. The Morgan fingerprint density at radius 2 is 2.08 bits per heavy atom. The highest BCUT2D eigenvalue weighted by molar-refractivity contribution is 7.90. The van der Waals surface area contributed by atoms with Crippen molar-refractivity contribution in [1.82, 2.24) is 4.31 Å². The van der Waals surface area contributed by atoms with E-state index in [1.54, 1.807) is 0 Å². The molecule has 0 unspecified atom stereocenters. The van der Waals surface area contributed by atoms with Gasteiger partial charge in [-0.25, -0.2) is 12.7 Å². The first-order valence-electron chi connectivity index (χ1n) is 3.51. The van der Waals surface area contributed by atoms with Crippen LogP contribution in [0.2, 0.25) is 0 Å².